The van der Waals surface area contributed by atoms with Gasteiger partial charge >= 0.3 is 5.97 Å². The first-order chi connectivity index (χ1) is 13.8. The molecule has 0 radical (unpaired) electrons. The largest absolute Gasteiger partial charge is 0.482 e. The van der Waals surface area contributed by atoms with Crippen molar-refractivity contribution in [3.63, 3.8) is 0 Å². The molecule has 4 saturated carbocycles. The highest BCUT2D eigenvalue weighted by Crippen LogP contribution is 2.55. The lowest BCUT2D eigenvalue weighted by atomic mass is 9.53. The maximum absolute atomic E-state index is 12.6. The van der Waals surface area contributed by atoms with Crippen LogP contribution in [-0.4, -0.2) is 35.0 Å². The van der Waals surface area contributed by atoms with Crippen LogP contribution < -0.4 is 10.1 Å². The summed E-state index contributed by atoms with van der Waals surface area (Å²) in [6.45, 7) is 1.20. The molecule has 4 fully saturated rings. The molecule has 0 heterocycles. The number of benzene rings is 1. The lowest BCUT2D eigenvalue weighted by Gasteiger charge is -2.57. The number of amides is 1. The second kappa shape index (κ2) is 7.65. The third-order valence-corrected chi connectivity index (χ3v) is 6.51. The lowest BCUT2D eigenvalue weighted by Crippen LogP contribution is -2.61. The third kappa shape index (κ3) is 4.36. The van der Waals surface area contributed by atoms with Crippen LogP contribution in [0.5, 0.6) is 5.75 Å². The summed E-state index contributed by atoms with van der Waals surface area (Å²) < 4.78 is 10.5. The zero-order valence-corrected chi connectivity index (χ0v) is 16.5. The monoisotopic (exact) mass is 402 g/mol. The normalized spacial score (nSPS) is 30.4. The minimum atomic E-state index is -0.893. The third-order valence-electron chi connectivity index (χ3n) is 6.51. The standard InChI is InChI=1S/C21H26N2O6/c1-13(29-19(24)12-28-18-4-2-17(3-5-18)23(26)27)20(25)22-21-9-14-6-15(10-21)8-16(7-14)11-21/h2-5,13-16H,6-12H2,1H3,(H,22,25)/t13-,14?,15?,16?,21?/m0/s1. The maximum atomic E-state index is 12.6. The molecule has 8 nitrogen and oxygen atoms in total. The van der Waals surface area contributed by atoms with Crippen molar-refractivity contribution in [3.8, 4) is 5.75 Å². The van der Waals surface area contributed by atoms with E-state index >= 15 is 0 Å². The molecule has 8 heteroatoms. The maximum Gasteiger partial charge on any atom is 0.344 e. The van der Waals surface area contributed by atoms with E-state index in [1.807, 2.05) is 0 Å². The molecule has 1 atom stereocenters. The van der Waals surface area contributed by atoms with Gasteiger partial charge in [0.25, 0.3) is 11.6 Å². The Labute approximate surface area is 169 Å². The molecule has 0 aromatic heterocycles. The molecule has 1 aromatic rings. The molecule has 4 bridgehead atoms. The van der Waals surface area contributed by atoms with E-state index in [1.165, 1.54) is 43.5 Å². The summed E-state index contributed by atoms with van der Waals surface area (Å²) in [7, 11) is 0. The molecule has 29 heavy (non-hydrogen) atoms. The average Bonchev–Trinajstić information content (AvgIpc) is 2.65. The predicted molar refractivity (Wildman–Crippen MR) is 103 cm³/mol. The Bertz CT molecular complexity index is 771. The van der Waals surface area contributed by atoms with E-state index in [4.69, 9.17) is 9.47 Å². The number of ether oxygens (including phenoxy) is 2. The number of esters is 1. The Kier molecular flexibility index (Phi) is 5.19. The highest BCUT2D eigenvalue weighted by Gasteiger charge is 2.51. The predicted octanol–water partition coefficient (Wildman–Crippen LogP) is 2.99. The number of carbonyl (C=O) groups excluding carboxylic acids is 2. The molecule has 5 rings (SSSR count). The molecule has 156 valence electrons. The molecular weight excluding hydrogens is 376 g/mol. The van der Waals surface area contributed by atoms with Gasteiger partial charge in [-0.25, -0.2) is 4.79 Å². The zero-order chi connectivity index (χ0) is 20.6. The van der Waals surface area contributed by atoms with Crippen LogP contribution in [0, 0.1) is 27.9 Å². The Morgan fingerprint density at radius 1 is 1.14 bits per heavy atom. The van der Waals surface area contributed by atoms with E-state index in [2.05, 4.69) is 5.32 Å². The van der Waals surface area contributed by atoms with Crippen molar-refractivity contribution in [1.29, 1.82) is 0 Å². The molecule has 0 unspecified atom stereocenters. The van der Waals surface area contributed by atoms with E-state index in [9.17, 15) is 19.7 Å². The van der Waals surface area contributed by atoms with E-state index in [0.29, 0.717) is 5.75 Å². The number of nitrogens with zero attached hydrogens (tertiary/aromatic N) is 1. The van der Waals surface area contributed by atoms with Crippen LogP contribution in [-0.2, 0) is 14.3 Å². The summed E-state index contributed by atoms with van der Waals surface area (Å²) in [5, 5.41) is 13.8. The molecule has 1 aromatic carbocycles. The number of hydrogen-bond donors (Lipinski definition) is 1. The van der Waals surface area contributed by atoms with Gasteiger partial charge in [-0.1, -0.05) is 0 Å². The Morgan fingerprint density at radius 3 is 2.21 bits per heavy atom. The molecule has 0 aliphatic heterocycles. The van der Waals surface area contributed by atoms with Crippen LogP contribution in [0.3, 0.4) is 0 Å². The van der Waals surface area contributed by atoms with Gasteiger partial charge in [-0.15, -0.1) is 0 Å². The molecular formula is C21H26N2O6. The smallest absolute Gasteiger partial charge is 0.344 e. The van der Waals surface area contributed by atoms with Crippen LogP contribution in [0.25, 0.3) is 0 Å². The van der Waals surface area contributed by atoms with Gasteiger partial charge in [-0.2, -0.15) is 0 Å². The lowest BCUT2D eigenvalue weighted by molar-refractivity contribution is -0.384. The summed E-state index contributed by atoms with van der Waals surface area (Å²) in [6.07, 6.45) is 6.09. The Morgan fingerprint density at radius 2 is 1.69 bits per heavy atom. The van der Waals surface area contributed by atoms with Gasteiger partial charge in [0.2, 0.25) is 0 Å². The van der Waals surface area contributed by atoms with Gasteiger partial charge in [-0.05, 0) is 75.3 Å². The van der Waals surface area contributed by atoms with Gasteiger partial charge < -0.3 is 14.8 Å². The molecule has 4 aliphatic carbocycles. The number of carbonyl (C=O) groups is 2. The number of nitro benzene ring substituents is 1. The van der Waals surface area contributed by atoms with Gasteiger partial charge in [0.1, 0.15) is 5.75 Å². The fourth-order valence-corrected chi connectivity index (χ4v) is 5.72. The molecule has 1 N–H and O–H groups in total. The molecule has 0 spiro atoms. The second-order valence-electron chi connectivity index (χ2n) is 8.86. The fraction of sp³-hybridized carbons (Fsp3) is 0.619. The van der Waals surface area contributed by atoms with E-state index in [0.717, 1.165) is 37.0 Å². The molecule has 4 aliphatic rings. The van der Waals surface area contributed by atoms with Crippen LogP contribution in [0.1, 0.15) is 45.4 Å². The van der Waals surface area contributed by atoms with Gasteiger partial charge in [-0.3, -0.25) is 14.9 Å². The Balaban J connectivity index is 1.25. The van der Waals surface area contributed by atoms with E-state index < -0.39 is 17.0 Å². The zero-order valence-electron chi connectivity index (χ0n) is 16.5. The highest BCUT2D eigenvalue weighted by atomic mass is 16.6. The minimum Gasteiger partial charge on any atom is -0.482 e. The van der Waals surface area contributed by atoms with Crippen molar-refractivity contribution in [2.45, 2.75) is 57.1 Å². The summed E-state index contributed by atoms with van der Waals surface area (Å²) >= 11 is 0. The summed E-state index contributed by atoms with van der Waals surface area (Å²) in [5.74, 6) is 1.56. The van der Waals surface area contributed by atoms with Gasteiger partial charge in [0.05, 0.1) is 4.92 Å². The van der Waals surface area contributed by atoms with E-state index in [1.54, 1.807) is 6.92 Å². The first-order valence-corrected chi connectivity index (χ1v) is 10.2. The molecule has 0 saturated heterocycles. The first kappa shape index (κ1) is 19.7. The topological polar surface area (TPSA) is 108 Å². The van der Waals surface area contributed by atoms with Crippen LogP contribution in [0.4, 0.5) is 5.69 Å². The summed E-state index contributed by atoms with van der Waals surface area (Å²) in [5.41, 5.74) is -0.184. The van der Waals surface area contributed by atoms with Crippen LogP contribution in [0.2, 0.25) is 0 Å². The van der Waals surface area contributed by atoms with Gasteiger partial charge in [0, 0.05) is 17.7 Å². The van der Waals surface area contributed by atoms with E-state index in [-0.39, 0.29) is 23.7 Å². The van der Waals surface area contributed by atoms with Crippen LogP contribution >= 0.6 is 0 Å². The number of nitro groups is 1. The van der Waals surface area contributed by atoms with Crippen molar-refractivity contribution in [3.05, 3.63) is 34.4 Å². The SMILES string of the molecule is C[C@H](OC(=O)COc1ccc([N+](=O)[O-])cc1)C(=O)NC12CC3CC(CC(C3)C1)C2. The number of rotatable bonds is 7. The second-order valence-corrected chi connectivity index (χ2v) is 8.86. The summed E-state index contributed by atoms with van der Waals surface area (Å²) in [4.78, 5) is 34.8. The number of non-ortho nitro benzene ring substituents is 1. The average molecular weight is 402 g/mol. The number of hydrogen-bond acceptors (Lipinski definition) is 6. The van der Waals surface area contributed by atoms with Crippen molar-refractivity contribution >= 4 is 17.6 Å². The fourth-order valence-electron chi connectivity index (χ4n) is 5.72. The molecule has 1 amide bonds. The highest BCUT2D eigenvalue weighted by molar-refractivity contribution is 5.84. The first-order valence-electron chi connectivity index (χ1n) is 10.2. The minimum absolute atomic E-state index is 0.0603. The quantitative estimate of drug-likeness (QED) is 0.427. The van der Waals surface area contributed by atoms with Crippen LogP contribution in [0.15, 0.2) is 24.3 Å². The van der Waals surface area contributed by atoms with Crippen molar-refractivity contribution in [1.82, 2.24) is 5.32 Å². The van der Waals surface area contributed by atoms with Crippen molar-refractivity contribution in [2.75, 3.05) is 6.61 Å². The van der Waals surface area contributed by atoms with Crippen molar-refractivity contribution < 1.29 is 24.0 Å². The number of nitrogens with one attached hydrogen (secondary N) is 1. The van der Waals surface area contributed by atoms with Crippen molar-refractivity contribution in [2.24, 2.45) is 17.8 Å². The summed E-state index contributed by atoms with van der Waals surface area (Å²) in [6, 6.07) is 5.41. The van der Waals surface area contributed by atoms with Gasteiger partial charge in [0.15, 0.2) is 12.7 Å². The Hall–Kier alpha value is -2.64.